The van der Waals surface area contributed by atoms with Gasteiger partial charge in [0.25, 0.3) is 0 Å². The molecule has 2 aromatic rings. The predicted molar refractivity (Wildman–Crippen MR) is 110 cm³/mol. The van der Waals surface area contributed by atoms with E-state index in [9.17, 15) is 4.79 Å². The van der Waals surface area contributed by atoms with E-state index in [0.29, 0.717) is 19.6 Å². The van der Waals surface area contributed by atoms with Crippen LogP contribution >= 0.6 is 0 Å². The predicted octanol–water partition coefficient (Wildman–Crippen LogP) is 5.14. The normalized spacial score (nSPS) is 21.8. The van der Waals surface area contributed by atoms with Crippen LogP contribution in [0.15, 0.2) is 36.4 Å². The summed E-state index contributed by atoms with van der Waals surface area (Å²) >= 11 is 0. The van der Waals surface area contributed by atoms with Crippen LogP contribution in [0.2, 0.25) is 0 Å². The van der Waals surface area contributed by atoms with Crippen molar-refractivity contribution in [3.63, 3.8) is 0 Å². The maximum atomic E-state index is 12.0. The van der Waals surface area contributed by atoms with Crippen molar-refractivity contribution in [2.24, 2.45) is 0 Å². The van der Waals surface area contributed by atoms with Gasteiger partial charge in [-0.2, -0.15) is 0 Å². The number of benzene rings is 2. The largest absolute Gasteiger partial charge is 0.494 e. The maximum Gasteiger partial charge on any atom is 0.306 e. The smallest absolute Gasteiger partial charge is 0.306 e. The number of hydrogen-bond donors (Lipinski definition) is 0. The molecule has 0 saturated carbocycles. The summed E-state index contributed by atoms with van der Waals surface area (Å²) in [6, 6.07) is 13.3. The Bertz CT molecular complexity index is 954. The van der Waals surface area contributed by atoms with Crippen LogP contribution in [-0.2, 0) is 28.8 Å². The lowest BCUT2D eigenvalue weighted by molar-refractivity contribution is -0.143. The average Bonchev–Trinajstić information content (AvgIpc) is 3.31. The van der Waals surface area contributed by atoms with Crippen LogP contribution in [0.25, 0.3) is 11.1 Å². The SMILES string of the molecule is O=C1CCc2ccc3c(c2)/C(=C2/CCc4ccc(cc42)OCCCCO1)CC3. The summed E-state index contributed by atoms with van der Waals surface area (Å²) in [6.07, 6.45) is 7.39. The van der Waals surface area contributed by atoms with Crippen molar-refractivity contribution >= 4 is 17.1 Å². The van der Waals surface area contributed by atoms with E-state index in [2.05, 4.69) is 36.4 Å². The zero-order valence-corrected chi connectivity index (χ0v) is 16.3. The Kier molecular flexibility index (Phi) is 4.67. The fourth-order valence-corrected chi connectivity index (χ4v) is 4.74. The van der Waals surface area contributed by atoms with Gasteiger partial charge in [0, 0.05) is 6.42 Å². The molecule has 144 valence electrons. The maximum absolute atomic E-state index is 12.0. The van der Waals surface area contributed by atoms with E-state index < -0.39 is 0 Å². The molecule has 3 nitrogen and oxygen atoms in total. The fourth-order valence-electron chi connectivity index (χ4n) is 4.74. The van der Waals surface area contributed by atoms with Crippen LogP contribution in [0.1, 0.15) is 59.9 Å². The minimum absolute atomic E-state index is 0.101. The number of carbonyl (C=O) groups is 1. The molecule has 0 radical (unpaired) electrons. The number of carbonyl (C=O) groups excluding carboxylic acids is 1. The molecule has 3 aliphatic rings. The van der Waals surface area contributed by atoms with Crippen molar-refractivity contribution in [2.75, 3.05) is 13.2 Å². The molecule has 2 aromatic carbocycles. The molecule has 28 heavy (non-hydrogen) atoms. The van der Waals surface area contributed by atoms with Crippen molar-refractivity contribution in [1.82, 2.24) is 0 Å². The highest BCUT2D eigenvalue weighted by Crippen LogP contribution is 2.44. The molecule has 0 aromatic heterocycles. The van der Waals surface area contributed by atoms with Crippen molar-refractivity contribution in [1.29, 1.82) is 0 Å². The second-order valence-corrected chi connectivity index (χ2v) is 8.04. The molecular weight excluding hydrogens is 348 g/mol. The molecule has 0 amide bonds. The first kappa shape index (κ1) is 17.5. The molecule has 0 spiro atoms. The van der Waals surface area contributed by atoms with Crippen LogP contribution < -0.4 is 4.74 Å². The zero-order valence-electron chi connectivity index (χ0n) is 16.3. The van der Waals surface area contributed by atoms with Crippen LogP contribution in [0.4, 0.5) is 0 Å². The van der Waals surface area contributed by atoms with Crippen LogP contribution in [-0.4, -0.2) is 19.2 Å². The summed E-state index contributed by atoms with van der Waals surface area (Å²) in [5.41, 5.74) is 9.89. The van der Waals surface area contributed by atoms with Gasteiger partial charge in [0.05, 0.1) is 13.2 Å². The highest BCUT2D eigenvalue weighted by molar-refractivity contribution is 5.96. The minimum atomic E-state index is -0.101. The summed E-state index contributed by atoms with van der Waals surface area (Å²) in [7, 11) is 0. The Morgan fingerprint density at radius 2 is 1.32 bits per heavy atom. The number of fused-ring (bicyclic) bond motifs is 2. The van der Waals surface area contributed by atoms with Crippen LogP contribution in [0, 0.1) is 0 Å². The summed E-state index contributed by atoms with van der Waals surface area (Å²) < 4.78 is 11.4. The van der Waals surface area contributed by atoms with Gasteiger partial charge in [-0.3, -0.25) is 4.79 Å². The van der Waals surface area contributed by atoms with E-state index in [0.717, 1.165) is 50.7 Å². The molecule has 5 rings (SSSR count). The van der Waals surface area contributed by atoms with E-state index in [1.165, 1.54) is 39.0 Å². The molecule has 2 aliphatic carbocycles. The quantitative estimate of drug-likeness (QED) is 0.599. The Morgan fingerprint density at radius 3 is 2.11 bits per heavy atom. The number of allylic oxidation sites excluding steroid dienone is 2. The molecule has 0 N–H and O–H groups in total. The van der Waals surface area contributed by atoms with Crippen molar-refractivity contribution in [3.05, 3.63) is 64.2 Å². The second kappa shape index (κ2) is 7.46. The van der Waals surface area contributed by atoms with Crippen LogP contribution in [0.5, 0.6) is 5.75 Å². The Morgan fingerprint density at radius 1 is 0.643 bits per heavy atom. The molecular formula is C25H26O3. The number of rotatable bonds is 0. The van der Waals surface area contributed by atoms with Crippen molar-refractivity contribution in [3.8, 4) is 5.75 Å². The first-order valence-electron chi connectivity index (χ1n) is 10.5. The molecule has 1 heterocycles. The van der Waals surface area contributed by atoms with Gasteiger partial charge < -0.3 is 9.47 Å². The van der Waals surface area contributed by atoms with Gasteiger partial charge in [0.15, 0.2) is 0 Å². The first-order chi connectivity index (χ1) is 13.8. The fraction of sp³-hybridized carbons (Fsp3) is 0.400. The molecule has 0 unspecified atom stereocenters. The third-order valence-electron chi connectivity index (χ3n) is 6.25. The van der Waals surface area contributed by atoms with Crippen LogP contribution in [0.3, 0.4) is 0 Å². The highest BCUT2D eigenvalue weighted by Gasteiger charge is 2.25. The van der Waals surface area contributed by atoms with Gasteiger partial charge >= 0.3 is 5.97 Å². The van der Waals surface area contributed by atoms with E-state index in [-0.39, 0.29) is 5.97 Å². The third kappa shape index (κ3) is 3.34. The lowest BCUT2D eigenvalue weighted by Gasteiger charge is -2.11. The number of aryl methyl sites for hydroxylation is 3. The molecule has 0 fully saturated rings. The average molecular weight is 374 g/mol. The zero-order chi connectivity index (χ0) is 18.9. The summed E-state index contributed by atoms with van der Waals surface area (Å²) in [6.45, 7) is 1.14. The van der Waals surface area contributed by atoms with Gasteiger partial charge in [-0.15, -0.1) is 0 Å². The molecule has 0 saturated heterocycles. The summed E-state index contributed by atoms with van der Waals surface area (Å²) in [4.78, 5) is 12.0. The second-order valence-electron chi connectivity index (χ2n) is 8.04. The lowest BCUT2D eigenvalue weighted by atomic mass is 9.95. The molecule has 0 atom stereocenters. The first-order valence-corrected chi connectivity index (χ1v) is 10.5. The van der Waals surface area contributed by atoms with Gasteiger partial charge in [0.1, 0.15) is 5.75 Å². The van der Waals surface area contributed by atoms with Gasteiger partial charge in [0.2, 0.25) is 0 Å². The van der Waals surface area contributed by atoms with Crippen molar-refractivity contribution in [2.45, 2.75) is 51.4 Å². The Labute approximate surface area is 166 Å². The monoisotopic (exact) mass is 374 g/mol. The van der Waals surface area contributed by atoms with E-state index in [1.807, 2.05) is 0 Å². The van der Waals surface area contributed by atoms with Crippen molar-refractivity contribution < 1.29 is 14.3 Å². The van der Waals surface area contributed by atoms with Gasteiger partial charge in [-0.1, -0.05) is 24.3 Å². The van der Waals surface area contributed by atoms with E-state index in [1.54, 1.807) is 0 Å². The number of cyclic esters (lactones) is 1. The van der Waals surface area contributed by atoms with Gasteiger partial charge in [-0.05, 0) is 96.0 Å². The Balaban J connectivity index is 1.56. The molecule has 1 aliphatic heterocycles. The molecule has 3 heteroatoms. The lowest BCUT2D eigenvalue weighted by Crippen LogP contribution is -2.08. The highest BCUT2D eigenvalue weighted by atomic mass is 16.5. The minimum Gasteiger partial charge on any atom is -0.494 e. The summed E-state index contributed by atoms with van der Waals surface area (Å²) in [5.74, 6) is 0.850. The van der Waals surface area contributed by atoms with Gasteiger partial charge in [-0.25, -0.2) is 0 Å². The third-order valence-corrected chi connectivity index (χ3v) is 6.25. The Hall–Kier alpha value is -2.55. The number of esters is 1. The number of hydrogen-bond acceptors (Lipinski definition) is 3. The molecule has 4 bridgehead atoms. The standard InChI is InChI=1S/C25H26O3/c26-25-12-4-17-3-5-18-7-10-21(23(18)15-17)22-11-8-19-6-9-20(16-24(19)22)27-13-1-2-14-28-25/h3,5-6,9,15-16H,1-2,4,7-8,10-14H2/b22-21-. The summed E-state index contributed by atoms with van der Waals surface area (Å²) in [5, 5.41) is 0. The number of ether oxygens (including phenoxy) is 2. The van der Waals surface area contributed by atoms with E-state index >= 15 is 0 Å². The topological polar surface area (TPSA) is 35.5 Å². The van der Waals surface area contributed by atoms with E-state index in [4.69, 9.17) is 9.47 Å².